The number of alkyl carbamates (subject to hydrolysis) is 1. The molecular weight excluding hydrogens is 603 g/mol. The lowest BCUT2D eigenvalue weighted by Gasteiger charge is -2.22. The summed E-state index contributed by atoms with van der Waals surface area (Å²) >= 11 is 12.6. The fourth-order valence-corrected chi connectivity index (χ4v) is 4.90. The van der Waals surface area contributed by atoms with Crippen LogP contribution in [-0.2, 0) is 27.7 Å². The molecule has 1 aromatic heterocycles. The Morgan fingerprint density at radius 3 is 2.37 bits per heavy atom. The molecule has 220 valence electrons. The van der Waals surface area contributed by atoms with Gasteiger partial charge >= 0.3 is 12.7 Å². The Labute approximate surface area is 246 Å². The second-order valence-electron chi connectivity index (χ2n) is 9.44. The van der Waals surface area contributed by atoms with Crippen molar-refractivity contribution in [2.24, 2.45) is 5.92 Å². The number of aromatic nitrogens is 1. The molecule has 1 amide bonds. The minimum Gasteiger partial charge on any atom is -0.489 e. The van der Waals surface area contributed by atoms with Gasteiger partial charge in [0.25, 0.3) is 0 Å². The van der Waals surface area contributed by atoms with E-state index < -0.39 is 28.8 Å². The van der Waals surface area contributed by atoms with Crippen molar-refractivity contribution in [1.82, 2.24) is 10.3 Å². The molecular formula is C27H27Cl2F2N3O6S. The molecule has 0 bridgehead atoms. The molecule has 4 rings (SSSR count). The van der Waals surface area contributed by atoms with Crippen LogP contribution in [0, 0.1) is 5.92 Å². The molecule has 0 aliphatic heterocycles. The number of anilines is 1. The van der Waals surface area contributed by atoms with Crippen molar-refractivity contribution in [3.05, 3.63) is 81.6 Å². The monoisotopic (exact) mass is 629 g/mol. The molecule has 1 aliphatic rings. The average Bonchev–Trinajstić information content (AvgIpc) is 3.73. The number of pyridine rings is 1. The molecule has 41 heavy (non-hydrogen) atoms. The van der Waals surface area contributed by atoms with Crippen LogP contribution in [0.2, 0.25) is 10.0 Å². The van der Waals surface area contributed by atoms with Crippen molar-refractivity contribution < 1.29 is 36.2 Å². The van der Waals surface area contributed by atoms with Gasteiger partial charge in [-0.15, -0.1) is 0 Å². The Balaban J connectivity index is 1.53. The quantitative estimate of drug-likeness (QED) is 0.226. The van der Waals surface area contributed by atoms with Crippen LogP contribution < -0.4 is 19.5 Å². The van der Waals surface area contributed by atoms with Crippen LogP contribution in [0.15, 0.2) is 54.9 Å². The van der Waals surface area contributed by atoms with Gasteiger partial charge in [-0.25, -0.2) is 13.2 Å². The minimum atomic E-state index is -3.42. The highest BCUT2D eigenvalue weighted by atomic mass is 35.5. The summed E-state index contributed by atoms with van der Waals surface area (Å²) < 4.78 is 67.3. The molecule has 3 aromatic rings. The molecule has 0 saturated heterocycles. The first kappa shape index (κ1) is 30.6. The lowest BCUT2D eigenvalue weighted by atomic mass is 10.0. The number of sulfonamides is 1. The maximum Gasteiger partial charge on any atom is 0.408 e. The highest BCUT2D eigenvalue weighted by Crippen LogP contribution is 2.37. The molecule has 2 N–H and O–H groups in total. The van der Waals surface area contributed by atoms with Crippen molar-refractivity contribution in [3.63, 3.8) is 0 Å². The van der Waals surface area contributed by atoms with E-state index in [0.717, 1.165) is 19.1 Å². The summed E-state index contributed by atoms with van der Waals surface area (Å²) in [6.45, 7) is -2.62. The smallest absolute Gasteiger partial charge is 0.408 e. The molecule has 1 aliphatic carbocycles. The Morgan fingerprint density at radius 2 is 1.76 bits per heavy atom. The number of amides is 1. The van der Waals surface area contributed by atoms with E-state index in [4.69, 9.17) is 32.7 Å². The number of halogens is 4. The molecule has 0 spiro atoms. The summed E-state index contributed by atoms with van der Waals surface area (Å²) in [5, 5.41) is 3.17. The molecule has 0 unspecified atom stereocenters. The zero-order chi connectivity index (χ0) is 29.6. The van der Waals surface area contributed by atoms with Crippen molar-refractivity contribution in [2.45, 2.75) is 38.5 Å². The third-order valence-corrected chi connectivity index (χ3v) is 7.27. The van der Waals surface area contributed by atoms with Crippen molar-refractivity contribution >= 4 is 45.0 Å². The maximum absolute atomic E-state index is 13.0. The van der Waals surface area contributed by atoms with E-state index in [-0.39, 0.29) is 34.5 Å². The molecule has 14 heteroatoms. The van der Waals surface area contributed by atoms with E-state index in [1.54, 1.807) is 24.3 Å². The minimum absolute atomic E-state index is 0.0522. The Bertz CT molecular complexity index is 1450. The Kier molecular flexibility index (Phi) is 10.1. The first-order valence-electron chi connectivity index (χ1n) is 12.5. The molecule has 1 heterocycles. The van der Waals surface area contributed by atoms with E-state index in [1.165, 1.54) is 30.6 Å². The maximum atomic E-state index is 13.0. The van der Waals surface area contributed by atoms with Crippen LogP contribution in [-0.4, -0.2) is 39.0 Å². The number of benzene rings is 2. The Morgan fingerprint density at radius 1 is 1.07 bits per heavy atom. The predicted octanol–water partition coefficient (Wildman–Crippen LogP) is 6.36. The molecule has 1 fully saturated rings. The number of hydrogen-bond donors (Lipinski definition) is 2. The van der Waals surface area contributed by atoms with Crippen LogP contribution in [0.5, 0.6) is 11.5 Å². The number of alkyl halides is 2. The van der Waals surface area contributed by atoms with Gasteiger partial charge in [0.05, 0.1) is 22.9 Å². The number of hydrogen-bond acceptors (Lipinski definition) is 7. The van der Waals surface area contributed by atoms with E-state index in [0.29, 0.717) is 34.9 Å². The summed E-state index contributed by atoms with van der Waals surface area (Å²) in [7, 11) is -3.42. The molecule has 9 nitrogen and oxygen atoms in total. The lowest BCUT2D eigenvalue weighted by molar-refractivity contribution is -0.0515. The van der Waals surface area contributed by atoms with Gasteiger partial charge in [0.15, 0.2) is 11.5 Å². The van der Waals surface area contributed by atoms with Gasteiger partial charge in [-0.05, 0) is 59.7 Å². The third-order valence-electron chi connectivity index (χ3n) is 6.01. The average molecular weight is 630 g/mol. The number of ether oxygens (including phenoxy) is 3. The van der Waals surface area contributed by atoms with Crippen LogP contribution in [0.3, 0.4) is 0 Å². The van der Waals surface area contributed by atoms with Crippen LogP contribution >= 0.6 is 23.2 Å². The number of rotatable bonds is 13. The molecule has 2 aromatic carbocycles. The van der Waals surface area contributed by atoms with Gasteiger partial charge in [-0.3, -0.25) is 9.71 Å². The van der Waals surface area contributed by atoms with Crippen LogP contribution in [0.1, 0.15) is 35.6 Å². The fraction of sp³-hybridized carbons (Fsp3) is 0.333. The SMILES string of the molecule is CS(=O)(=O)Nc1ccc(CNC(=O)O[C@@H](Cc2c(Cl)cncc2Cl)c2ccc(OC(F)F)c(OCC3CC3)c2)cc1. The van der Waals surface area contributed by atoms with E-state index >= 15 is 0 Å². The van der Waals surface area contributed by atoms with Gasteiger partial charge < -0.3 is 19.5 Å². The van der Waals surface area contributed by atoms with E-state index in [2.05, 4.69) is 19.8 Å². The number of carbonyl (C=O) groups excluding carboxylic acids is 1. The fourth-order valence-electron chi connectivity index (χ4n) is 3.82. The van der Waals surface area contributed by atoms with Gasteiger partial charge in [-0.1, -0.05) is 41.4 Å². The number of nitrogens with zero attached hydrogens (tertiary/aromatic N) is 1. The summed E-state index contributed by atoms with van der Waals surface area (Å²) in [5.41, 5.74) is 1.97. The van der Waals surface area contributed by atoms with E-state index in [9.17, 15) is 22.0 Å². The topological polar surface area (TPSA) is 116 Å². The summed E-state index contributed by atoms with van der Waals surface area (Å²) in [5.74, 6) is 0.307. The summed E-state index contributed by atoms with van der Waals surface area (Å²) in [6, 6.07) is 10.7. The van der Waals surface area contributed by atoms with Gasteiger partial charge in [0, 0.05) is 31.0 Å². The van der Waals surface area contributed by atoms with Crippen molar-refractivity contribution in [3.8, 4) is 11.5 Å². The second kappa shape index (κ2) is 13.5. The Hall–Kier alpha value is -3.35. The van der Waals surface area contributed by atoms with Crippen LogP contribution in [0.4, 0.5) is 19.3 Å². The summed E-state index contributed by atoms with van der Waals surface area (Å²) in [6.07, 6.45) is 4.18. The number of nitrogens with one attached hydrogen (secondary N) is 2. The zero-order valence-electron chi connectivity index (χ0n) is 21.8. The van der Waals surface area contributed by atoms with Gasteiger partial charge in [0.2, 0.25) is 10.0 Å². The normalized spacial score (nSPS) is 13.9. The first-order valence-corrected chi connectivity index (χ1v) is 15.1. The first-order chi connectivity index (χ1) is 19.5. The predicted molar refractivity (Wildman–Crippen MR) is 150 cm³/mol. The summed E-state index contributed by atoms with van der Waals surface area (Å²) in [4.78, 5) is 16.8. The third kappa shape index (κ3) is 9.61. The largest absolute Gasteiger partial charge is 0.489 e. The van der Waals surface area contributed by atoms with Gasteiger partial charge in [0.1, 0.15) is 6.10 Å². The molecule has 1 saturated carbocycles. The van der Waals surface area contributed by atoms with Gasteiger partial charge in [-0.2, -0.15) is 8.78 Å². The number of carbonyl (C=O) groups is 1. The van der Waals surface area contributed by atoms with E-state index in [1.807, 2.05) is 0 Å². The molecule has 1 atom stereocenters. The molecule has 0 radical (unpaired) electrons. The van der Waals surface area contributed by atoms with Crippen molar-refractivity contribution in [1.29, 1.82) is 0 Å². The second-order valence-corrected chi connectivity index (χ2v) is 12.0. The lowest BCUT2D eigenvalue weighted by Crippen LogP contribution is -2.26. The van der Waals surface area contributed by atoms with Crippen LogP contribution in [0.25, 0.3) is 0 Å². The zero-order valence-corrected chi connectivity index (χ0v) is 24.1. The highest BCUT2D eigenvalue weighted by Gasteiger charge is 2.26. The van der Waals surface area contributed by atoms with Crippen molar-refractivity contribution in [2.75, 3.05) is 17.6 Å². The standard InChI is InChI=1S/C27H27Cl2F2N3O6S/c1-41(36,37)34-19-7-4-16(5-8-19)12-33-27(35)40-24(11-20-21(28)13-32-14-22(20)29)18-6-9-23(39-26(30)31)25(10-18)38-15-17-2-3-17/h4-10,13-14,17,24,26,34H,2-3,11-12,15H2,1H3,(H,33,35)/t24-/m0/s1. The highest BCUT2D eigenvalue weighted by molar-refractivity contribution is 7.92.